The maximum atomic E-state index is 12.6. The molecule has 2 heterocycles. The van der Waals surface area contributed by atoms with E-state index in [0.29, 0.717) is 36.8 Å². The number of aliphatic hydroxyl groups excluding tert-OH is 1. The highest BCUT2D eigenvalue weighted by Crippen LogP contribution is 2.25. The SMILES string of the molecule is CC(O)CN1CCN(C(=O)CC(C)C2CCNCC2)CC1C.Cl.Cl. The lowest BCUT2D eigenvalue weighted by Gasteiger charge is -2.41. The number of amides is 1. The van der Waals surface area contributed by atoms with Gasteiger partial charge in [0, 0.05) is 38.6 Å². The average molecular weight is 384 g/mol. The third kappa shape index (κ3) is 7.04. The Hall–Kier alpha value is -0.0700. The third-order valence-corrected chi connectivity index (χ3v) is 5.30. The fraction of sp³-hybridized carbons (Fsp3) is 0.941. The van der Waals surface area contributed by atoms with Crippen LogP contribution in [0, 0.1) is 11.8 Å². The topological polar surface area (TPSA) is 55.8 Å². The highest BCUT2D eigenvalue weighted by Gasteiger charge is 2.29. The molecule has 5 nitrogen and oxygen atoms in total. The molecule has 24 heavy (non-hydrogen) atoms. The van der Waals surface area contributed by atoms with E-state index in [0.717, 1.165) is 32.7 Å². The minimum atomic E-state index is -0.301. The van der Waals surface area contributed by atoms with Gasteiger partial charge >= 0.3 is 0 Å². The molecular formula is C17H35Cl2N3O2. The highest BCUT2D eigenvalue weighted by molar-refractivity contribution is 5.85. The largest absolute Gasteiger partial charge is 0.392 e. The van der Waals surface area contributed by atoms with Gasteiger partial charge in [-0.2, -0.15) is 0 Å². The molecule has 2 N–H and O–H groups in total. The predicted octanol–water partition coefficient (Wildman–Crippen LogP) is 1.77. The van der Waals surface area contributed by atoms with E-state index in [1.165, 1.54) is 12.8 Å². The minimum Gasteiger partial charge on any atom is -0.392 e. The number of aliphatic hydroxyl groups is 1. The molecule has 1 amide bonds. The van der Waals surface area contributed by atoms with Gasteiger partial charge in [0.05, 0.1) is 6.10 Å². The van der Waals surface area contributed by atoms with Crippen LogP contribution in [0.15, 0.2) is 0 Å². The molecule has 2 aliphatic rings. The van der Waals surface area contributed by atoms with Crippen LogP contribution in [0.4, 0.5) is 0 Å². The van der Waals surface area contributed by atoms with Crippen LogP contribution in [-0.2, 0) is 4.79 Å². The Kier molecular flexibility index (Phi) is 11.5. The number of nitrogens with one attached hydrogen (secondary N) is 1. The summed E-state index contributed by atoms with van der Waals surface area (Å²) in [5, 5.41) is 12.9. The Morgan fingerprint density at radius 2 is 1.83 bits per heavy atom. The van der Waals surface area contributed by atoms with Crippen molar-refractivity contribution in [3.05, 3.63) is 0 Å². The van der Waals surface area contributed by atoms with E-state index in [9.17, 15) is 9.90 Å². The van der Waals surface area contributed by atoms with Gasteiger partial charge in [-0.25, -0.2) is 0 Å². The lowest BCUT2D eigenvalue weighted by Crippen LogP contribution is -2.55. The molecule has 2 fully saturated rings. The van der Waals surface area contributed by atoms with Gasteiger partial charge in [0.1, 0.15) is 0 Å². The first-order chi connectivity index (χ1) is 10.5. The van der Waals surface area contributed by atoms with Crippen LogP contribution >= 0.6 is 24.8 Å². The van der Waals surface area contributed by atoms with Crippen molar-refractivity contribution in [3.63, 3.8) is 0 Å². The van der Waals surface area contributed by atoms with Crippen molar-refractivity contribution in [1.29, 1.82) is 0 Å². The summed E-state index contributed by atoms with van der Waals surface area (Å²) in [6.45, 7) is 11.6. The highest BCUT2D eigenvalue weighted by atomic mass is 35.5. The van der Waals surface area contributed by atoms with Crippen LogP contribution in [0.3, 0.4) is 0 Å². The summed E-state index contributed by atoms with van der Waals surface area (Å²) in [5.41, 5.74) is 0. The quantitative estimate of drug-likeness (QED) is 0.759. The van der Waals surface area contributed by atoms with Crippen molar-refractivity contribution in [2.45, 2.75) is 52.2 Å². The number of nitrogens with zero attached hydrogens (tertiary/aromatic N) is 2. The normalized spacial score (nSPS) is 25.3. The van der Waals surface area contributed by atoms with E-state index in [2.05, 4.69) is 24.1 Å². The van der Waals surface area contributed by atoms with Crippen LogP contribution in [0.25, 0.3) is 0 Å². The van der Waals surface area contributed by atoms with Crippen LogP contribution < -0.4 is 5.32 Å². The third-order valence-electron chi connectivity index (χ3n) is 5.30. The molecule has 0 saturated carbocycles. The van der Waals surface area contributed by atoms with Crippen LogP contribution in [0.2, 0.25) is 0 Å². The van der Waals surface area contributed by atoms with E-state index in [1.807, 2.05) is 11.8 Å². The van der Waals surface area contributed by atoms with E-state index in [1.54, 1.807) is 0 Å². The molecule has 0 aromatic carbocycles. The summed E-state index contributed by atoms with van der Waals surface area (Å²) in [6.07, 6.45) is 2.79. The van der Waals surface area contributed by atoms with Gasteiger partial charge < -0.3 is 15.3 Å². The molecular weight excluding hydrogens is 349 g/mol. The van der Waals surface area contributed by atoms with Crippen molar-refractivity contribution in [1.82, 2.24) is 15.1 Å². The molecule has 3 atom stereocenters. The second kappa shape index (κ2) is 11.5. The number of halogens is 2. The Bertz CT molecular complexity index is 366. The number of β-amino-alcohol motifs (C(OH)–C–C–N with tert-alkyl or cyclic N) is 1. The predicted molar refractivity (Wildman–Crippen MR) is 103 cm³/mol. The zero-order valence-corrected chi connectivity index (χ0v) is 16.9. The molecule has 7 heteroatoms. The van der Waals surface area contributed by atoms with E-state index >= 15 is 0 Å². The van der Waals surface area contributed by atoms with Crippen LogP contribution in [-0.4, -0.2) is 72.2 Å². The maximum Gasteiger partial charge on any atom is 0.222 e. The molecule has 2 saturated heterocycles. The molecule has 0 spiro atoms. The van der Waals surface area contributed by atoms with Gasteiger partial charge in [-0.3, -0.25) is 9.69 Å². The fourth-order valence-electron chi connectivity index (χ4n) is 3.82. The van der Waals surface area contributed by atoms with Crippen LogP contribution in [0.1, 0.15) is 40.0 Å². The van der Waals surface area contributed by atoms with E-state index in [-0.39, 0.29) is 30.9 Å². The molecule has 2 aliphatic heterocycles. The van der Waals surface area contributed by atoms with Gasteiger partial charge in [0.2, 0.25) is 5.91 Å². The average Bonchev–Trinajstić information content (AvgIpc) is 2.49. The van der Waals surface area contributed by atoms with Gasteiger partial charge in [-0.15, -0.1) is 24.8 Å². The zero-order valence-electron chi connectivity index (χ0n) is 15.2. The molecule has 0 aliphatic carbocycles. The van der Waals surface area contributed by atoms with Crippen molar-refractivity contribution in [2.75, 3.05) is 39.3 Å². The number of carbonyl (C=O) groups excluding carboxylic acids is 1. The molecule has 0 aromatic rings. The first-order valence-corrected chi connectivity index (χ1v) is 8.88. The molecule has 144 valence electrons. The minimum absolute atomic E-state index is 0. The van der Waals surface area contributed by atoms with Crippen LogP contribution in [0.5, 0.6) is 0 Å². The summed E-state index contributed by atoms with van der Waals surface area (Å²) >= 11 is 0. The first kappa shape index (κ1) is 23.9. The van der Waals surface area contributed by atoms with Gasteiger partial charge in [0.25, 0.3) is 0 Å². The van der Waals surface area contributed by atoms with Gasteiger partial charge in [-0.05, 0) is 51.6 Å². The van der Waals surface area contributed by atoms with Gasteiger partial charge in [-0.1, -0.05) is 6.92 Å². The lowest BCUT2D eigenvalue weighted by atomic mass is 9.84. The molecule has 2 rings (SSSR count). The maximum absolute atomic E-state index is 12.6. The van der Waals surface area contributed by atoms with Crippen molar-refractivity contribution in [3.8, 4) is 0 Å². The summed E-state index contributed by atoms with van der Waals surface area (Å²) in [7, 11) is 0. The van der Waals surface area contributed by atoms with Crippen molar-refractivity contribution < 1.29 is 9.90 Å². The number of carbonyl (C=O) groups is 1. The number of piperidine rings is 1. The number of piperazine rings is 1. The molecule has 0 aromatic heterocycles. The van der Waals surface area contributed by atoms with E-state index in [4.69, 9.17) is 0 Å². The molecule has 0 radical (unpaired) electrons. The Labute approximate surface area is 159 Å². The second-order valence-electron chi connectivity index (χ2n) is 7.30. The second-order valence-corrected chi connectivity index (χ2v) is 7.30. The summed E-state index contributed by atoms with van der Waals surface area (Å²) < 4.78 is 0. The first-order valence-electron chi connectivity index (χ1n) is 8.88. The lowest BCUT2D eigenvalue weighted by molar-refractivity contribution is -0.135. The Morgan fingerprint density at radius 1 is 1.21 bits per heavy atom. The standard InChI is InChI=1S/C17H33N3O2.2ClH/c1-13(16-4-6-18-7-5-16)10-17(22)20-9-8-19(12-15(3)21)14(2)11-20;;/h13-16,18,21H,4-12H2,1-3H3;2*1H. The van der Waals surface area contributed by atoms with E-state index < -0.39 is 0 Å². The van der Waals surface area contributed by atoms with Crippen molar-refractivity contribution >= 4 is 30.7 Å². The number of rotatable bonds is 5. The molecule has 3 unspecified atom stereocenters. The van der Waals surface area contributed by atoms with Gasteiger partial charge in [0.15, 0.2) is 0 Å². The Morgan fingerprint density at radius 3 is 2.38 bits per heavy atom. The summed E-state index contributed by atoms with van der Waals surface area (Å²) in [4.78, 5) is 16.9. The zero-order chi connectivity index (χ0) is 16.1. The number of hydrogen-bond acceptors (Lipinski definition) is 4. The summed E-state index contributed by atoms with van der Waals surface area (Å²) in [6, 6.07) is 0.335. The fourth-order valence-corrected chi connectivity index (χ4v) is 3.82. The monoisotopic (exact) mass is 383 g/mol. The smallest absolute Gasteiger partial charge is 0.222 e. The number of hydrogen-bond donors (Lipinski definition) is 2. The molecule has 0 bridgehead atoms. The Balaban J connectivity index is 0.00000264. The van der Waals surface area contributed by atoms with Crippen molar-refractivity contribution in [2.24, 2.45) is 11.8 Å². The summed E-state index contributed by atoms with van der Waals surface area (Å²) in [5.74, 6) is 1.49.